The van der Waals surface area contributed by atoms with E-state index in [4.69, 9.17) is 0 Å². The van der Waals surface area contributed by atoms with Crippen LogP contribution in [0.5, 0.6) is 0 Å². The molecule has 1 rings (SSSR count). The molecule has 0 saturated carbocycles. The number of carbonyl (C=O) groups is 1. The molecule has 0 bridgehead atoms. The Bertz CT molecular complexity index is 399. The number of likely N-dealkylation sites (N-methyl/N-ethyl adjacent to an activating group) is 1. The predicted molar refractivity (Wildman–Crippen MR) is 75.0 cm³/mol. The van der Waals surface area contributed by atoms with E-state index in [9.17, 15) is 4.79 Å². The molecule has 6 nitrogen and oxygen atoms in total. The van der Waals surface area contributed by atoms with Crippen LogP contribution in [0.25, 0.3) is 0 Å². The lowest BCUT2D eigenvalue weighted by Gasteiger charge is -2.25. The highest BCUT2D eigenvalue weighted by atomic mass is 16.2. The summed E-state index contributed by atoms with van der Waals surface area (Å²) in [6.45, 7) is 7.05. The lowest BCUT2D eigenvalue weighted by atomic mass is 10.0. The molecular formula is C13H25N5O. The van der Waals surface area contributed by atoms with Crippen molar-refractivity contribution in [1.82, 2.24) is 25.4 Å². The van der Waals surface area contributed by atoms with Gasteiger partial charge in [0.2, 0.25) is 5.82 Å². The van der Waals surface area contributed by atoms with E-state index in [0.29, 0.717) is 5.92 Å². The average Bonchev–Trinajstić information content (AvgIpc) is 2.76. The van der Waals surface area contributed by atoms with Gasteiger partial charge in [-0.2, -0.15) is 0 Å². The number of amides is 1. The summed E-state index contributed by atoms with van der Waals surface area (Å²) in [7, 11) is 3.99. The van der Waals surface area contributed by atoms with E-state index >= 15 is 0 Å². The maximum absolute atomic E-state index is 12.1. The monoisotopic (exact) mass is 267 g/mol. The van der Waals surface area contributed by atoms with Crippen molar-refractivity contribution in [3.63, 3.8) is 0 Å². The molecule has 0 aliphatic carbocycles. The second-order valence-corrected chi connectivity index (χ2v) is 5.44. The summed E-state index contributed by atoms with van der Waals surface area (Å²) in [5.41, 5.74) is 0. The van der Waals surface area contributed by atoms with E-state index in [1.807, 2.05) is 14.1 Å². The van der Waals surface area contributed by atoms with Gasteiger partial charge in [-0.05, 0) is 26.4 Å². The van der Waals surface area contributed by atoms with E-state index in [1.54, 1.807) is 0 Å². The van der Waals surface area contributed by atoms with E-state index in [1.165, 1.54) is 0 Å². The molecule has 0 radical (unpaired) electrons. The standard InChI is InChI=1S/C13H25N5O/c1-6-7-11-15-12(17-16-11)13(19)14-10(9(2)3)8-18(4)5/h9-10H,6-8H2,1-5H3,(H,14,19)(H,15,16,17). The third-order valence-corrected chi connectivity index (χ3v) is 2.90. The van der Waals surface area contributed by atoms with Crippen molar-refractivity contribution in [2.24, 2.45) is 5.92 Å². The number of aromatic nitrogens is 3. The molecular weight excluding hydrogens is 242 g/mol. The maximum Gasteiger partial charge on any atom is 0.291 e. The van der Waals surface area contributed by atoms with Crippen molar-refractivity contribution >= 4 is 5.91 Å². The van der Waals surface area contributed by atoms with Gasteiger partial charge in [-0.3, -0.25) is 9.89 Å². The lowest BCUT2D eigenvalue weighted by molar-refractivity contribution is 0.0906. The molecule has 6 heteroatoms. The largest absolute Gasteiger partial charge is 0.345 e. The molecule has 1 unspecified atom stereocenters. The zero-order chi connectivity index (χ0) is 14.4. The molecule has 0 fully saturated rings. The van der Waals surface area contributed by atoms with Crippen LogP contribution in [-0.4, -0.2) is 52.7 Å². The zero-order valence-corrected chi connectivity index (χ0v) is 12.5. The van der Waals surface area contributed by atoms with Crippen LogP contribution < -0.4 is 5.32 Å². The van der Waals surface area contributed by atoms with E-state index in [2.05, 4.69) is 46.2 Å². The van der Waals surface area contributed by atoms with Crippen LogP contribution in [0.2, 0.25) is 0 Å². The molecule has 19 heavy (non-hydrogen) atoms. The first-order valence-corrected chi connectivity index (χ1v) is 6.80. The SMILES string of the molecule is CCCc1nc(C(=O)NC(CN(C)C)C(C)C)n[nH]1. The van der Waals surface area contributed by atoms with Gasteiger partial charge in [0, 0.05) is 19.0 Å². The smallest absolute Gasteiger partial charge is 0.291 e. The predicted octanol–water partition coefficient (Wildman–Crippen LogP) is 1.07. The zero-order valence-electron chi connectivity index (χ0n) is 12.5. The summed E-state index contributed by atoms with van der Waals surface area (Å²) in [5.74, 6) is 1.15. The van der Waals surface area contributed by atoms with Gasteiger partial charge in [0.1, 0.15) is 5.82 Å². The Balaban J connectivity index is 2.64. The first kappa shape index (κ1) is 15.6. The molecule has 0 saturated heterocycles. The topological polar surface area (TPSA) is 73.9 Å². The maximum atomic E-state index is 12.1. The number of hydrogen-bond donors (Lipinski definition) is 2. The van der Waals surface area contributed by atoms with Crippen LogP contribution in [0.1, 0.15) is 43.6 Å². The van der Waals surface area contributed by atoms with Gasteiger partial charge in [0.25, 0.3) is 5.91 Å². The van der Waals surface area contributed by atoms with Crippen LogP contribution in [0.4, 0.5) is 0 Å². The highest BCUT2D eigenvalue weighted by molar-refractivity contribution is 5.90. The Kier molecular flexibility index (Phi) is 5.95. The van der Waals surface area contributed by atoms with Crippen LogP contribution >= 0.6 is 0 Å². The first-order valence-electron chi connectivity index (χ1n) is 6.80. The fraction of sp³-hybridized carbons (Fsp3) is 0.769. The number of nitrogens with zero attached hydrogens (tertiary/aromatic N) is 3. The van der Waals surface area contributed by atoms with Crippen molar-refractivity contribution < 1.29 is 4.79 Å². The Morgan fingerprint density at radius 1 is 1.42 bits per heavy atom. The number of aromatic amines is 1. The average molecular weight is 267 g/mol. The first-order chi connectivity index (χ1) is 8.93. The normalized spacial score (nSPS) is 13.0. The van der Waals surface area contributed by atoms with Crippen molar-refractivity contribution in [3.8, 4) is 0 Å². The van der Waals surface area contributed by atoms with Crippen molar-refractivity contribution in [2.45, 2.75) is 39.7 Å². The highest BCUT2D eigenvalue weighted by Crippen LogP contribution is 2.04. The van der Waals surface area contributed by atoms with Gasteiger partial charge in [0.05, 0.1) is 0 Å². The quantitative estimate of drug-likeness (QED) is 0.775. The van der Waals surface area contributed by atoms with Gasteiger partial charge >= 0.3 is 0 Å². The summed E-state index contributed by atoms with van der Waals surface area (Å²) >= 11 is 0. The summed E-state index contributed by atoms with van der Waals surface area (Å²) in [4.78, 5) is 18.3. The van der Waals surface area contributed by atoms with Crippen LogP contribution in [0.3, 0.4) is 0 Å². The molecule has 1 amide bonds. The van der Waals surface area contributed by atoms with Gasteiger partial charge in [-0.15, -0.1) is 5.10 Å². The molecule has 0 aromatic carbocycles. The Hall–Kier alpha value is -1.43. The second-order valence-electron chi connectivity index (χ2n) is 5.44. The van der Waals surface area contributed by atoms with E-state index < -0.39 is 0 Å². The summed E-state index contributed by atoms with van der Waals surface area (Å²) < 4.78 is 0. The molecule has 1 heterocycles. The summed E-state index contributed by atoms with van der Waals surface area (Å²) in [6, 6.07) is 0.0932. The number of H-pyrrole nitrogens is 1. The summed E-state index contributed by atoms with van der Waals surface area (Å²) in [6.07, 6.45) is 1.79. The van der Waals surface area contributed by atoms with Gasteiger partial charge in [0.15, 0.2) is 0 Å². The molecule has 0 aliphatic rings. The fourth-order valence-corrected chi connectivity index (χ4v) is 1.79. The van der Waals surface area contributed by atoms with Crippen LogP contribution in [0, 0.1) is 5.92 Å². The highest BCUT2D eigenvalue weighted by Gasteiger charge is 2.20. The second kappa shape index (κ2) is 7.23. The Morgan fingerprint density at radius 2 is 2.11 bits per heavy atom. The minimum atomic E-state index is -0.209. The molecule has 108 valence electrons. The molecule has 0 spiro atoms. The van der Waals surface area contributed by atoms with Gasteiger partial charge in [-0.25, -0.2) is 4.98 Å². The molecule has 1 atom stereocenters. The lowest BCUT2D eigenvalue weighted by Crippen LogP contribution is -2.45. The van der Waals surface area contributed by atoms with E-state index in [0.717, 1.165) is 25.2 Å². The molecule has 2 N–H and O–H groups in total. The number of aryl methyl sites for hydroxylation is 1. The third kappa shape index (κ3) is 4.98. The number of hydrogen-bond acceptors (Lipinski definition) is 4. The van der Waals surface area contributed by atoms with E-state index in [-0.39, 0.29) is 17.8 Å². The van der Waals surface area contributed by atoms with Gasteiger partial charge in [-0.1, -0.05) is 20.8 Å². The third-order valence-electron chi connectivity index (χ3n) is 2.90. The molecule has 1 aromatic heterocycles. The van der Waals surface area contributed by atoms with Crippen molar-refractivity contribution in [3.05, 3.63) is 11.6 Å². The Morgan fingerprint density at radius 3 is 2.63 bits per heavy atom. The van der Waals surface area contributed by atoms with Crippen LogP contribution in [-0.2, 0) is 6.42 Å². The number of carbonyl (C=O) groups excluding carboxylic acids is 1. The molecule has 0 aliphatic heterocycles. The minimum Gasteiger partial charge on any atom is -0.345 e. The molecule has 1 aromatic rings. The fourth-order valence-electron chi connectivity index (χ4n) is 1.79. The Labute approximate surface area is 115 Å². The van der Waals surface area contributed by atoms with Crippen molar-refractivity contribution in [1.29, 1.82) is 0 Å². The minimum absolute atomic E-state index is 0.0932. The van der Waals surface area contributed by atoms with Crippen molar-refractivity contribution in [2.75, 3.05) is 20.6 Å². The van der Waals surface area contributed by atoms with Crippen LogP contribution in [0.15, 0.2) is 0 Å². The number of nitrogens with one attached hydrogen (secondary N) is 2. The van der Waals surface area contributed by atoms with Gasteiger partial charge < -0.3 is 10.2 Å². The summed E-state index contributed by atoms with van der Waals surface area (Å²) in [5, 5.41) is 9.76. The number of rotatable bonds is 7.